The van der Waals surface area contributed by atoms with Crippen molar-refractivity contribution in [1.82, 2.24) is 4.98 Å². The van der Waals surface area contributed by atoms with Crippen LogP contribution in [0.3, 0.4) is 0 Å². The van der Waals surface area contributed by atoms with Gasteiger partial charge in [-0.15, -0.1) is 11.3 Å². The summed E-state index contributed by atoms with van der Waals surface area (Å²) in [6.07, 6.45) is 0. The maximum absolute atomic E-state index is 5.39. The number of aryl methyl sites for hydroxylation is 1. The fourth-order valence-corrected chi connectivity index (χ4v) is 1.76. The first-order chi connectivity index (χ1) is 3.70. The molecule has 44 valence electrons. The molecule has 0 bridgehead atoms. The minimum Gasteiger partial charge on any atom is -0.382 e. The third kappa shape index (κ3) is 1.00. The van der Waals surface area contributed by atoms with Crippen molar-refractivity contribution in [3.8, 4) is 0 Å². The highest BCUT2D eigenvalue weighted by Crippen LogP contribution is 2.25. The van der Waals surface area contributed by atoms with Gasteiger partial charge in [0.15, 0.2) is 0 Å². The summed E-state index contributed by atoms with van der Waals surface area (Å²) in [5.41, 5.74) is 5.39. The van der Waals surface area contributed by atoms with Gasteiger partial charge in [0.05, 0.1) is 5.01 Å². The lowest BCUT2D eigenvalue weighted by atomic mass is 10.8. The van der Waals surface area contributed by atoms with Crippen molar-refractivity contribution in [2.24, 2.45) is 0 Å². The van der Waals surface area contributed by atoms with Crippen LogP contribution >= 0.6 is 27.3 Å². The number of anilines is 1. The molecule has 2 nitrogen and oxygen atoms in total. The number of thiazole rings is 1. The molecule has 0 amide bonds. The predicted molar refractivity (Wildman–Crippen MR) is 39.0 cm³/mol. The first-order valence-electron chi connectivity index (χ1n) is 2.08. The summed E-state index contributed by atoms with van der Waals surface area (Å²) in [7, 11) is 0. The minimum absolute atomic E-state index is 0.590. The van der Waals surface area contributed by atoms with Crippen LogP contribution in [-0.4, -0.2) is 4.98 Å². The molecule has 0 saturated carbocycles. The smallest absolute Gasteiger partial charge is 0.149 e. The fraction of sp³-hybridized carbons (Fsp3) is 0.250. The Morgan fingerprint density at radius 3 is 2.50 bits per heavy atom. The zero-order valence-corrected chi connectivity index (χ0v) is 6.71. The maximum atomic E-state index is 5.39. The second-order valence-electron chi connectivity index (χ2n) is 1.39. The van der Waals surface area contributed by atoms with Crippen molar-refractivity contribution >= 4 is 33.1 Å². The summed E-state index contributed by atoms with van der Waals surface area (Å²) in [5, 5.41) is 0.995. The minimum atomic E-state index is 0.590. The van der Waals surface area contributed by atoms with Crippen LogP contribution in [0.15, 0.2) is 3.79 Å². The Kier molecular flexibility index (Phi) is 1.53. The van der Waals surface area contributed by atoms with Gasteiger partial charge in [-0.1, -0.05) is 0 Å². The third-order valence-electron chi connectivity index (χ3n) is 0.717. The van der Waals surface area contributed by atoms with Crippen LogP contribution in [-0.2, 0) is 0 Å². The second-order valence-corrected chi connectivity index (χ2v) is 3.91. The monoisotopic (exact) mass is 192 g/mol. The van der Waals surface area contributed by atoms with E-state index in [2.05, 4.69) is 20.9 Å². The number of nitrogens with two attached hydrogens (primary N) is 1. The highest BCUT2D eigenvalue weighted by Gasteiger charge is 1.98. The summed E-state index contributed by atoms with van der Waals surface area (Å²) in [6.45, 7) is 1.92. The van der Waals surface area contributed by atoms with Crippen LogP contribution in [0.5, 0.6) is 0 Å². The maximum Gasteiger partial charge on any atom is 0.149 e. The van der Waals surface area contributed by atoms with E-state index in [0.29, 0.717) is 5.82 Å². The van der Waals surface area contributed by atoms with E-state index >= 15 is 0 Å². The van der Waals surface area contributed by atoms with Gasteiger partial charge < -0.3 is 5.73 Å². The van der Waals surface area contributed by atoms with Gasteiger partial charge in [-0.05, 0) is 22.9 Å². The van der Waals surface area contributed by atoms with Crippen LogP contribution in [0, 0.1) is 6.92 Å². The van der Waals surface area contributed by atoms with E-state index in [4.69, 9.17) is 5.73 Å². The topological polar surface area (TPSA) is 38.9 Å². The molecule has 0 unspecified atom stereocenters. The Morgan fingerprint density at radius 2 is 2.38 bits per heavy atom. The fourth-order valence-electron chi connectivity index (χ4n) is 0.418. The zero-order chi connectivity index (χ0) is 6.15. The van der Waals surface area contributed by atoms with Gasteiger partial charge in [-0.2, -0.15) is 0 Å². The Labute approximate surface area is 59.9 Å². The lowest BCUT2D eigenvalue weighted by Gasteiger charge is -1.76. The second kappa shape index (κ2) is 2.03. The molecule has 1 aromatic heterocycles. The summed E-state index contributed by atoms with van der Waals surface area (Å²) >= 11 is 4.80. The average molecular weight is 193 g/mol. The SMILES string of the molecule is Cc1nc(N)c(Br)s1. The summed E-state index contributed by atoms with van der Waals surface area (Å²) in [5.74, 6) is 0.590. The molecule has 0 aromatic carbocycles. The highest BCUT2D eigenvalue weighted by molar-refractivity contribution is 9.11. The molecule has 0 radical (unpaired) electrons. The molecule has 0 saturated heterocycles. The first kappa shape index (κ1) is 6.04. The predicted octanol–water partition coefficient (Wildman–Crippen LogP) is 1.80. The van der Waals surface area contributed by atoms with Crippen LogP contribution in [0.1, 0.15) is 5.01 Å². The van der Waals surface area contributed by atoms with Crippen LogP contribution in [0.25, 0.3) is 0 Å². The van der Waals surface area contributed by atoms with Gasteiger partial charge in [0.25, 0.3) is 0 Å². The van der Waals surface area contributed by atoms with Crippen LogP contribution < -0.4 is 5.73 Å². The average Bonchev–Trinajstić information content (AvgIpc) is 1.85. The van der Waals surface area contributed by atoms with Crippen molar-refractivity contribution in [3.63, 3.8) is 0 Å². The zero-order valence-electron chi connectivity index (χ0n) is 4.31. The van der Waals surface area contributed by atoms with Crippen molar-refractivity contribution in [2.45, 2.75) is 6.92 Å². The van der Waals surface area contributed by atoms with Crippen molar-refractivity contribution in [2.75, 3.05) is 5.73 Å². The molecule has 0 aliphatic rings. The van der Waals surface area contributed by atoms with Gasteiger partial charge in [0, 0.05) is 0 Å². The molecule has 0 aliphatic carbocycles. The van der Waals surface area contributed by atoms with E-state index < -0.39 is 0 Å². The molecule has 1 rings (SSSR count). The Balaban J connectivity index is 3.14. The van der Waals surface area contributed by atoms with E-state index in [-0.39, 0.29) is 0 Å². The molecule has 0 atom stereocenters. The van der Waals surface area contributed by atoms with E-state index in [1.165, 1.54) is 0 Å². The molecule has 8 heavy (non-hydrogen) atoms. The van der Waals surface area contributed by atoms with E-state index in [0.717, 1.165) is 8.79 Å². The van der Waals surface area contributed by atoms with Gasteiger partial charge >= 0.3 is 0 Å². The summed E-state index contributed by atoms with van der Waals surface area (Å²) in [4.78, 5) is 3.96. The van der Waals surface area contributed by atoms with Crippen molar-refractivity contribution < 1.29 is 0 Å². The Hall–Kier alpha value is -0.0900. The van der Waals surface area contributed by atoms with Crippen molar-refractivity contribution in [1.29, 1.82) is 0 Å². The quantitative estimate of drug-likeness (QED) is 0.682. The number of aromatic nitrogens is 1. The Morgan fingerprint density at radius 1 is 1.75 bits per heavy atom. The number of halogens is 1. The van der Waals surface area contributed by atoms with E-state index in [1.807, 2.05) is 6.92 Å². The molecule has 1 aromatic rings. The van der Waals surface area contributed by atoms with Crippen molar-refractivity contribution in [3.05, 3.63) is 8.79 Å². The number of hydrogen-bond acceptors (Lipinski definition) is 3. The lowest BCUT2D eigenvalue weighted by Crippen LogP contribution is -1.83. The molecule has 0 aliphatic heterocycles. The normalized spacial score (nSPS) is 9.75. The molecule has 0 fully saturated rings. The number of rotatable bonds is 0. The molecular weight excluding hydrogens is 188 g/mol. The molecule has 1 heterocycles. The largest absolute Gasteiger partial charge is 0.382 e. The van der Waals surface area contributed by atoms with Gasteiger partial charge in [0.1, 0.15) is 9.60 Å². The number of nitrogens with zero attached hydrogens (tertiary/aromatic N) is 1. The number of hydrogen-bond donors (Lipinski definition) is 1. The summed E-state index contributed by atoms with van der Waals surface area (Å²) in [6, 6.07) is 0. The molecule has 0 spiro atoms. The highest BCUT2D eigenvalue weighted by atomic mass is 79.9. The van der Waals surface area contributed by atoms with Gasteiger partial charge in [-0.3, -0.25) is 0 Å². The molecule has 2 N–H and O–H groups in total. The van der Waals surface area contributed by atoms with Crippen LogP contribution in [0.2, 0.25) is 0 Å². The lowest BCUT2D eigenvalue weighted by molar-refractivity contribution is 1.30. The third-order valence-corrected chi connectivity index (χ3v) is 2.38. The molecule has 4 heteroatoms. The number of nitrogen functional groups attached to an aromatic ring is 1. The first-order valence-corrected chi connectivity index (χ1v) is 3.69. The van der Waals surface area contributed by atoms with E-state index in [9.17, 15) is 0 Å². The Bertz CT molecular complexity index is 176. The summed E-state index contributed by atoms with van der Waals surface area (Å²) < 4.78 is 0.926. The molecular formula is C4H5BrN2S. The van der Waals surface area contributed by atoms with Crippen LogP contribution in [0.4, 0.5) is 5.82 Å². The van der Waals surface area contributed by atoms with Gasteiger partial charge in [0.2, 0.25) is 0 Å². The van der Waals surface area contributed by atoms with E-state index in [1.54, 1.807) is 11.3 Å². The standard InChI is InChI=1S/C4H5BrN2S/c1-2-7-4(6)3(5)8-2/h6H2,1H3. The van der Waals surface area contributed by atoms with Gasteiger partial charge in [-0.25, -0.2) is 4.98 Å².